The Morgan fingerprint density at radius 3 is 2.74 bits per heavy atom. The van der Waals surface area contributed by atoms with Gasteiger partial charge in [0.05, 0.1) is 12.6 Å². The molecule has 0 aliphatic heterocycles. The molecular weight excluding hydrogens is 290 g/mol. The fraction of sp³-hybridized carbons (Fsp3) is 0.263. The smallest absolute Gasteiger partial charge is 0.134 e. The first kappa shape index (κ1) is 15.6. The van der Waals surface area contributed by atoms with E-state index in [4.69, 9.17) is 14.3 Å². The Balaban J connectivity index is 1.68. The zero-order valence-electron chi connectivity index (χ0n) is 13.2. The standard InChI is InChI=1S/C19H21NO3/c1-14(19-12-15-6-2-5-9-18(15)23-19)20-13-16-7-3-4-8-17(16)22-11-10-21/h2-9,12,14,20-21H,10-11,13H2,1H3/t14-/m1/s1. The SMILES string of the molecule is C[C@@H](NCc1ccccc1OCCO)c1cc2ccccc2o1. The van der Waals surface area contributed by atoms with Crippen molar-refractivity contribution in [2.45, 2.75) is 19.5 Å². The number of nitrogens with one attached hydrogen (secondary N) is 1. The van der Waals surface area contributed by atoms with Gasteiger partial charge in [-0.1, -0.05) is 36.4 Å². The molecular formula is C19H21NO3. The number of para-hydroxylation sites is 2. The van der Waals surface area contributed by atoms with Gasteiger partial charge in [0.2, 0.25) is 0 Å². The van der Waals surface area contributed by atoms with Crippen molar-refractivity contribution in [2.75, 3.05) is 13.2 Å². The van der Waals surface area contributed by atoms with Crippen molar-refractivity contribution in [3.63, 3.8) is 0 Å². The van der Waals surface area contributed by atoms with E-state index >= 15 is 0 Å². The lowest BCUT2D eigenvalue weighted by Crippen LogP contribution is -2.18. The number of aliphatic hydroxyl groups excluding tert-OH is 1. The number of ether oxygens (including phenoxy) is 1. The minimum atomic E-state index is 0.0111. The molecule has 1 atom stereocenters. The van der Waals surface area contributed by atoms with Crippen LogP contribution in [-0.4, -0.2) is 18.3 Å². The van der Waals surface area contributed by atoms with Crippen molar-refractivity contribution < 1.29 is 14.3 Å². The summed E-state index contributed by atoms with van der Waals surface area (Å²) in [5.41, 5.74) is 1.96. The maximum atomic E-state index is 8.90. The molecule has 2 N–H and O–H groups in total. The maximum Gasteiger partial charge on any atom is 0.134 e. The number of furan rings is 1. The Bertz CT molecular complexity index is 733. The van der Waals surface area contributed by atoms with Crippen LogP contribution in [0.1, 0.15) is 24.3 Å². The van der Waals surface area contributed by atoms with Gasteiger partial charge in [-0.25, -0.2) is 0 Å². The molecule has 120 valence electrons. The van der Waals surface area contributed by atoms with Crippen molar-refractivity contribution in [3.05, 3.63) is 65.9 Å². The largest absolute Gasteiger partial charge is 0.491 e. The Hall–Kier alpha value is -2.30. The summed E-state index contributed by atoms with van der Waals surface area (Å²) in [4.78, 5) is 0. The molecule has 3 rings (SSSR count). The number of hydrogen-bond acceptors (Lipinski definition) is 4. The Morgan fingerprint density at radius 2 is 1.91 bits per heavy atom. The highest BCUT2D eigenvalue weighted by atomic mass is 16.5. The molecule has 0 aliphatic rings. The molecule has 1 heterocycles. The van der Waals surface area contributed by atoms with E-state index in [0.29, 0.717) is 13.2 Å². The summed E-state index contributed by atoms with van der Waals surface area (Å²) in [5, 5.41) is 13.5. The second-order valence-electron chi connectivity index (χ2n) is 5.47. The van der Waals surface area contributed by atoms with Crippen LogP contribution >= 0.6 is 0 Å². The van der Waals surface area contributed by atoms with E-state index in [1.54, 1.807) is 0 Å². The fourth-order valence-electron chi connectivity index (χ4n) is 2.53. The summed E-state index contributed by atoms with van der Waals surface area (Å²) in [6.07, 6.45) is 0. The van der Waals surface area contributed by atoms with Crippen LogP contribution in [-0.2, 0) is 6.54 Å². The molecule has 0 fully saturated rings. The van der Waals surface area contributed by atoms with Crippen LogP contribution in [0, 0.1) is 0 Å². The monoisotopic (exact) mass is 311 g/mol. The molecule has 0 bridgehead atoms. The van der Waals surface area contributed by atoms with Gasteiger partial charge in [0.25, 0.3) is 0 Å². The summed E-state index contributed by atoms with van der Waals surface area (Å²) in [6.45, 7) is 3.06. The molecule has 3 aromatic rings. The zero-order chi connectivity index (χ0) is 16.1. The van der Waals surface area contributed by atoms with E-state index in [9.17, 15) is 0 Å². The topological polar surface area (TPSA) is 54.6 Å². The average molecular weight is 311 g/mol. The number of rotatable bonds is 7. The van der Waals surface area contributed by atoms with Crippen LogP contribution in [0.4, 0.5) is 0 Å². The van der Waals surface area contributed by atoms with Gasteiger partial charge in [0.1, 0.15) is 23.7 Å². The van der Waals surface area contributed by atoms with E-state index in [0.717, 1.165) is 28.0 Å². The summed E-state index contributed by atoms with van der Waals surface area (Å²) in [5.74, 6) is 1.71. The summed E-state index contributed by atoms with van der Waals surface area (Å²) >= 11 is 0. The third-order valence-corrected chi connectivity index (χ3v) is 3.79. The Kier molecular flexibility index (Phi) is 4.95. The quantitative estimate of drug-likeness (QED) is 0.699. The first-order valence-electron chi connectivity index (χ1n) is 7.81. The van der Waals surface area contributed by atoms with E-state index in [2.05, 4.69) is 18.3 Å². The third kappa shape index (κ3) is 3.73. The van der Waals surface area contributed by atoms with Crippen LogP contribution in [0.2, 0.25) is 0 Å². The van der Waals surface area contributed by atoms with Gasteiger partial charge in [-0.2, -0.15) is 0 Å². The highest BCUT2D eigenvalue weighted by Gasteiger charge is 2.12. The zero-order valence-corrected chi connectivity index (χ0v) is 13.2. The summed E-state index contributed by atoms with van der Waals surface area (Å²) in [7, 11) is 0. The molecule has 0 aliphatic carbocycles. The van der Waals surface area contributed by atoms with Crippen molar-refractivity contribution in [1.82, 2.24) is 5.32 Å². The van der Waals surface area contributed by atoms with Crippen LogP contribution in [0.5, 0.6) is 5.75 Å². The fourth-order valence-corrected chi connectivity index (χ4v) is 2.53. The molecule has 0 saturated heterocycles. The first-order valence-corrected chi connectivity index (χ1v) is 7.81. The first-order chi connectivity index (χ1) is 11.3. The molecule has 0 radical (unpaired) electrons. The average Bonchev–Trinajstić information content (AvgIpc) is 3.02. The minimum absolute atomic E-state index is 0.0111. The van der Waals surface area contributed by atoms with E-state index in [1.807, 2.05) is 48.5 Å². The van der Waals surface area contributed by atoms with Gasteiger partial charge in [0.15, 0.2) is 0 Å². The van der Waals surface area contributed by atoms with E-state index in [-0.39, 0.29) is 12.6 Å². The second kappa shape index (κ2) is 7.31. The number of aliphatic hydroxyl groups is 1. The van der Waals surface area contributed by atoms with Gasteiger partial charge in [0, 0.05) is 17.5 Å². The number of benzene rings is 2. The van der Waals surface area contributed by atoms with Crippen LogP contribution in [0.25, 0.3) is 11.0 Å². The third-order valence-electron chi connectivity index (χ3n) is 3.79. The highest BCUT2D eigenvalue weighted by Crippen LogP contribution is 2.24. The minimum Gasteiger partial charge on any atom is -0.491 e. The molecule has 4 nitrogen and oxygen atoms in total. The molecule has 0 saturated carbocycles. The molecule has 0 amide bonds. The van der Waals surface area contributed by atoms with Crippen LogP contribution in [0.3, 0.4) is 0 Å². The summed E-state index contributed by atoms with van der Waals surface area (Å²) < 4.78 is 11.4. The molecule has 2 aromatic carbocycles. The molecule has 1 aromatic heterocycles. The normalized spacial score (nSPS) is 12.4. The number of hydrogen-bond donors (Lipinski definition) is 2. The Labute approximate surface area is 135 Å². The predicted octanol–water partition coefficient (Wildman–Crippen LogP) is 3.65. The van der Waals surface area contributed by atoms with Crippen LogP contribution in [0.15, 0.2) is 59.0 Å². The van der Waals surface area contributed by atoms with Gasteiger partial charge >= 0.3 is 0 Å². The van der Waals surface area contributed by atoms with Gasteiger partial charge < -0.3 is 19.6 Å². The predicted molar refractivity (Wildman–Crippen MR) is 90.5 cm³/mol. The van der Waals surface area contributed by atoms with Gasteiger partial charge in [-0.3, -0.25) is 0 Å². The lowest BCUT2D eigenvalue weighted by molar-refractivity contribution is 0.200. The van der Waals surface area contributed by atoms with Crippen LogP contribution < -0.4 is 10.1 Å². The molecule has 23 heavy (non-hydrogen) atoms. The van der Waals surface area contributed by atoms with Gasteiger partial charge in [-0.05, 0) is 25.1 Å². The maximum absolute atomic E-state index is 8.90. The van der Waals surface area contributed by atoms with Crippen molar-refractivity contribution in [1.29, 1.82) is 0 Å². The van der Waals surface area contributed by atoms with Crippen molar-refractivity contribution in [3.8, 4) is 5.75 Å². The molecule has 0 spiro atoms. The lowest BCUT2D eigenvalue weighted by atomic mass is 10.1. The van der Waals surface area contributed by atoms with Crippen molar-refractivity contribution in [2.24, 2.45) is 0 Å². The van der Waals surface area contributed by atoms with E-state index in [1.165, 1.54) is 0 Å². The molecule has 0 unspecified atom stereocenters. The molecule has 4 heteroatoms. The lowest BCUT2D eigenvalue weighted by Gasteiger charge is -2.14. The second-order valence-corrected chi connectivity index (χ2v) is 5.47. The number of fused-ring (bicyclic) bond motifs is 1. The van der Waals surface area contributed by atoms with Crippen molar-refractivity contribution >= 4 is 11.0 Å². The van der Waals surface area contributed by atoms with Gasteiger partial charge in [-0.15, -0.1) is 0 Å². The van der Waals surface area contributed by atoms with E-state index < -0.39 is 0 Å². The Morgan fingerprint density at radius 1 is 1.13 bits per heavy atom. The summed E-state index contributed by atoms with van der Waals surface area (Å²) in [6, 6.07) is 18.0. The highest BCUT2D eigenvalue weighted by molar-refractivity contribution is 5.77.